The highest BCUT2D eigenvalue weighted by molar-refractivity contribution is 9.10. The van der Waals surface area contributed by atoms with Crippen LogP contribution in [0, 0.1) is 0 Å². The van der Waals surface area contributed by atoms with Gasteiger partial charge in [-0.2, -0.15) is 0 Å². The lowest BCUT2D eigenvalue weighted by molar-refractivity contribution is 0.439. The highest BCUT2D eigenvalue weighted by Gasteiger charge is 2.20. The molecule has 3 rings (SSSR count). The SMILES string of the molecule is Nc1onc(-c2ccoc2Br)c1-c1ccc(Br)cc1. The molecule has 0 aliphatic rings. The Balaban J connectivity index is 2.19. The molecule has 0 amide bonds. The lowest BCUT2D eigenvalue weighted by Gasteiger charge is -2.01. The summed E-state index contributed by atoms with van der Waals surface area (Å²) in [7, 11) is 0. The van der Waals surface area contributed by atoms with E-state index >= 15 is 0 Å². The van der Waals surface area contributed by atoms with Crippen molar-refractivity contribution in [3.8, 4) is 22.4 Å². The normalized spacial score (nSPS) is 10.8. The number of halogens is 2. The van der Waals surface area contributed by atoms with E-state index in [4.69, 9.17) is 14.7 Å². The molecule has 1 aromatic carbocycles. The van der Waals surface area contributed by atoms with Crippen molar-refractivity contribution in [2.45, 2.75) is 0 Å². The molecular weight excluding hydrogens is 376 g/mol. The van der Waals surface area contributed by atoms with Crippen molar-refractivity contribution in [1.82, 2.24) is 5.16 Å². The third kappa shape index (κ3) is 2.21. The van der Waals surface area contributed by atoms with Crippen molar-refractivity contribution in [3.63, 3.8) is 0 Å². The smallest absolute Gasteiger partial charge is 0.230 e. The number of anilines is 1. The van der Waals surface area contributed by atoms with Crippen molar-refractivity contribution < 1.29 is 8.94 Å². The molecule has 0 fully saturated rings. The zero-order valence-corrected chi connectivity index (χ0v) is 12.7. The van der Waals surface area contributed by atoms with Gasteiger partial charge >= 0.3 is 0 Å². The predicted octanol–water partition coefficient (Wildman–Crippen LogP) is 4.71. The van der Waals surface area contributed by atoms with Crippen LogP contribution in [-0.4, -0.2) is 5.16 Å². The van der Waals surface area contributed by atoms with Gasteiger partial charge in [0, 0.05) is 4.47 Å². The van der Waals surface area contributed by atoms with Crippen molar-refractivity contribution in [2.24, 2.45) is 0 Å². The average Bonchev–Trinajstić information content (AvgIpc) is 2.97. The van der Waals surface area contributed by atoms with E-state index in [1.165, 1.54) is 0 Å². The molecule has 0 spiro atoms. The first-order chi connectivity index (χ1) is 9.16. The summed E-state index contributed by atoms with van der Waals surface area (Å²) in [5.41, 5.74) is 9.03. The van der Waals surface area contributed by atoms with Crippen LogP contribution in [-0.2, 0) is 0 Å². The summed E-state index contributed by atoms with van der Waals surface area (Å²) in [6, 6.07) is 9.59. The Labute approximate surface area is 125 Å². The van der Waals surface area contributed by atoms with Crippen LogP contribution >= 0.6 is 31.9 Å². The first-order valence-corrected chi connectivity index (χ1v) is 7.00. The van der Waals surface area contributed by atoms with Gasteiger partial charge in [-0.1, -0.05) is 33.2 Å². The summed E-state index contributed by atoms with van der Waals surface area (Å²) in [5.74, 6) is 0.283. The van der Waals surface area contributed by atoms with E-state index in [1.54, 1.807) is 6.26 Å². The van der Waals surface area contributed by atoms with Gasteiger partial charge in [0.1, 0.15) is 5.69 Å². The molecule has 96 valence electrons. The van der Waals surface area contributed by atoms with Crippen LogP contribution in [0.25, 0.3) is 22.4 Å². The monoisotopic (exact) mass is 382 g/mol. The fraction of sp³-hybridized carbons (Fsp3) is 0. The van der Waals surface area contributed by atoms with Crippen LogP contribution < -0.4 is 5.73 Å². The number of hydrogen-bond donors (Lipinski definition) is 1. The van der Waals surface area contributed by atoms with Crippen LogP contribution in [0.15, 0.2) is 54.7 Å². The number of rotatable bonds is 2. The summed E-state index contributed by atoms with van der Waals surface area (Å²) in [4.78, 5) is 0. The molecule has 0 aliphatic heterocycles. The largest absolute Gasteiger partial charge is 0.457 e. The summed E-state index contributed by atoms with van der Waals surface area (Å²) in [6.07, 6.45) is 1.58. The van der Waals surface area contributed by atoms with Crippen LogP contribution in [0.5, 0.6) is 0 Å². The number of benzene rings is 1. The van der Waals surface area contributed by atoms with E-state index in [-0.39, 0.29) is 5.88 Å². The average molecular weight is 384 g/mol. The van der Waals surface area contributed by atoms with Gasteiger partial charge in [-0.15, -0.1) is 0 Å². The molecule has 6 heteroatoms. The minimum Gasteiger partial charge on any atom is -0.457 e. The maximum Gasteiger partial charge on any atom is 0.230 e. The van der Waals surface area contributed by atoms with E-state index in [0.717, 1.165) is 21.2 Å². The number of hydrogen-bond acceptors (Lipinski definition) is 4. The summed E-state index contributed by atoms with van der Waals surface area (Å²) in [6.45, 7) is 0. The van der Waals surface area contributed by atoms with Gasteiger partial charge in [-0.05, 0) is 39.7 Å². The predicted molar refractivity (Wildman–Crippen MR) is 79.5 cm³/mol. The van der Waals surface area contributed by atoms with Gasteiger partial charge in [0.15, 0.2) is 4.67 Å². The zero-order valence-electron chi connectivity index (χ0n) is 9.56. The number of aromatic nitrogens is 1. The van der Waals surface area contributed by atoms with E-state index in [1.807, 2.05) is 30.3 Å². The fourth-order valence-electron chi connectivity index (χ4n) is 1.85. The third-order valence-electron chi connectivity index (χ3n) is 2.72. The molecule has 0 unspecified atom stereocenters. The molecule has 0 bridgehead atoms. The molecule has 0 saturated carbocycles. The van der Waals surface area contributed by atoms with Crippen LogP contribution in [0.2, 0.25) is 0 Å². The third-order valence-corrected chi connectivity index (χ3v) is 3.87. The van der Waals surface area contributed by atoms with Crippen molar-refractivity contribution in [2.75, 3.05) is 5.73 Å². The molecule has 2 N–H and O–H groups in total. The molecule has 4 nitrogen and oxygen atoms in total. The molecular formula is C13H8Br2N2O2. The Bertz CT molecular complexity index is 717. The number of nitrogens with zero attached hydrogens (tertiary/aromatic N) is 1. The van der Waals surface area contributed by atoms with Crippen molar-refractivity contribution in [1.29, 1.82) is 0 Å². The lowest BCUT2D eigenvalue weighted by Crippen LogP contribution is -1.87. The number of furan rings is 1. The summed E-state index contributed by atoms with van der Waals surface area (Å²) >= 11 is 6.74. The van der Waals surface area contributed by atoms with Gasteiger partial charge < -0.3 is 14.7 Å². The van der Waals surface area contributed by atoms with Crippen LogP contribution in [0.1, 0.15) is 0 Å². The Morgan fingerprint density at radius 1 is 1.05 bits per heavy atom. The van der Waals surface area contributed by atoms with Crippen molar-refractivity contribution >= 4 is 37.7 Å². The van der Waals surface area contributed by atoms with E-state index in [2.05, 4.69) is 37.0 Å². The van der Waals surface area contributed by atoms with Gasteiger partial charge in [0.2, 0.25) is 5.88 Å². The molecule has 0 atom stereocenters. The van der Waals surface area contributed by atoms with E-state index in [9.17, 15) is 0 Å². The summed E-state index contributed by atoms with van der Waals surface area (Å²) in [5, 5.41) is 4.02. The van der Waals surface area contributed by atoms with E-state index in [0.29, 0.717) is 10.4 Å². The second kappa shape index (κ2) is 4.86. The molecule has 2 heterocycles. The van der Waals surface area contributed by atoms with Gasteiger partial charge in [0.25, 0.3) is 0 Å². The van der Waals surface area contributed by atoms with Gasteiger partial charge in [-0.3, -0.25) is 0 Å². The Morgan fingerprint density at radius 3 is 2.42 bits per heavy atom. The van der Waals surface area contributed by atoms with Crippen LogP contribution in [0.3, 0.4) is 0 Å². The quantitative estimate of drug-likeness (QED) is 0.695. The number of nitrogen functional groups attached to an aromatic ring is 1. The Hall–Kier alpha value is -1.53. The molecule has 2 aromatic heterocycles. The van der Waals surface area contributed by atoms with Gasteiger partial charge in [0.05, 0.1) is 17.4 Å². The highest BCUT2D eigenvalue weighted by Crippen LogP contribution is 2.39. The maximum atomic E-state index is 5.88. The highest BCUT2D eigenvalue weighted by atomic mass is 79.9. The van der Waals surface area contributed by atoms with Gasteiger partial charge in [-0.25, -0.2) is 0 Å². The fourth-order valence-corrected chi connectivity index (χ4v) is 2.54. The molecule has 3 aromatic rings. The standard InChI is InChI=1S/C13H8Br2N2O2/c14-8-3-1-7(2-4-8)10-11(17-19-13(10)16)9-5-6-18-12(9)15/h1-6H,16H2. The minimum absolute atomic E-state index is 0.283. The zero-order chi connectivity index (χ0) is 13.4. The maximum absolute atomic E-state index is 5.88. The Morgan fingerprint density at radius 2 is 1.79 bits per heavy atom. The topological polar surface area (TPSA) is 65.2 Å². The van der Waals surface area contributed by atoms with Crippen molar-refractivity contribution in [3.05, 3.63) is 45.7 Å². The van der Waals surface area contributed by atoms with E-state index < -0.39 is 0 Å². The lowest BCUT2D eigenvalue weighted by atomic mass is 10.0. The second-order valence-electron chi connectivity index (χ2n) is 3.89. The van der Waals surface area contributed by atoms with Crippen LogP contribution in [0.4, 0.5) is 5.88 Å². The minimum atomic E-state index is 0.283. The number of nitrogens with two attached hydrogens (primary N) is 1. The Kier molecular flexibility index (Phi) is 3.20. The first kappa shape index (κ1) is 12.5. The molecule has 19 heavy (non-hydrogen) atoms. The first-order valence-electron chi connectivity index (χ1n) is 5.41. The molecule has 0 aliphatic carbocycles. The molecule has 0 saturated heterocycles. The second-order valence-corrected chi connectivity index (χ2v) is 5.52. The summed E-state index contributed by atoms with van der Waals surface area (Å²) < 4.78 is 11.9. The molecule has 0 radical (unpaired) electrons.